The number of benzene rings is 1. The second-order valence-corrected chi connectivity index (χ2v) is 5.02. The van der Waals surface area contributed by atoms with Crippen molar-refractivity contribution in [2.24, 2.45) is 5.73 Å². The molecule has 0 aliphatic carbocycles. The Morgan fingerprint density at radius 2 is 2.26 bits per heavy atom. The van der Waals surface area contributed by atoms with E-state index in [4.69, 9.17) is 5.73 Å². The van der Waals surface area contributed by atoms with Crippen molar-refractivity contribution in [2.75, 3.05) is 6.54 Å². The lowest BCUT2D eigenvalue weighted by Gasteiger charge is -2.40. The zero-order valence-corrected chi connectivity index (χ0v) is 11.0. The number of aromatic hydroxyl groups is 1. The number of hydrogen-bond donors (Lipinski definition) is 2. The van der Waals surface area contributed by atoms with Crippen LogP contribution in [0.2, 0.25) is 0 Å². The minimum atomic E-state index is -0.696. The fourth-order valence-corrected chi connectivity index (χ4v) is 2.74. The van der Waals surface area contributed by atoms with Crippen LogP contribution >= 0.6 is 0 Å². The summed E-state index contributed by atoms with van der Waals surface area (Å²) in [6.07, 6.45) is 2.70. The third-order valence-corrected chi connectivity index (χ3v) is 3.74. The smallest absolute Gasteiger partial charge is 0.261 e. The molecule has 1 aromatic carbocycles. The summed E-state index contributed by atoms with van der Waals surface area (Å²) in [7, 11) is 0. The Morgan fingerprint density at radius 1 is 1.53 bits per heavy atom. The van der Waals surface area contributed by atoms with Gasteiger partial charge in [0.05, 0.1) is 0 Å². The summed E-state index contributed by atoms with van der Waals surface area (Å²) < 4.78 is 13.8. The zero-order chi connectivity index (χ0) is 14.0. The van der Waals surface area contributed by atoms with Crippen LogP contribution < -0.4 is 5.73 Å². The molecule has 1 heterocycles. The van der Waals surface area contributed by atoms with Gasteiger partial charge in [-0.2, -0.15) is 0 Å². The maximum Gasteiger partial charge on any atom is 0.261 e. The minimum absolute atomic E-state index is 0.00815. The summed E-state index contributed by atoms with van der Waals surface area (Å²) in [5, 5.41) is 9.72. The van der Waals surface area contributed by atoms with Gasteiger partial charge < -0.3 is 15.7 Å². The minimum Gasteiger partial charge on any atom is -0.507 e. The van der Waals surface area contributed by atoms with E-state index in [2.05, 4.69) is 0 Å². The lowest BCUT2D eigenvalue weighted by molar-refractivity contribution is 0.0486. The van der Waals surface area contributed by atoms with Crippen LogP contribution in [0.1, 0.15) is 36.5 Å². The summed E-state index contributed by atoms with van der Waals surface area (Å²) in [6, 6.07) is 3.80. The van der Waals surface area contributed by atoms with Crippen LogP contribution in [-0.4, -0.2) is 34.5 Å². The second-order valence-electron chi connectivity index (χ2n) is 5.02. The number of carbonyl (C=O) groups is 1. The van der Waals surface area contributed by atoms with Crippen molar-refractivity contribution in [1.29, 1.82) is 0 Å². The van der Waals surface area contributed by atoms with Crippen LogP contribution in [0, 0.1) is 5.82 Å². The molecule has 2 atom stereocenters. The van der Waals surface area contributed by atoms with E-state index in [0.717, 1.165) is 19.3 Å². The molecule has 0 aromatic heterocycles. The molecule has 1 amide bonds. The number of halogens is 1. The summed E-state index contributed by atoms with van der Waals surface area (Å²) in [4.78, 5) is 14.1. The van der Waals surface area contributed by atoms with Crippen molar-refractivity contribution in [3.05, 3.63) is 29.6 Å². The number of piperidine rings is 1. The van der Waals surface area contributed by atoms with E-state index in [1.807, 2.05) is 6.92 Å². The maximum atomic E-state index is 13.8. The molecule has 0 spiro atoms. The Hall–Kier alpha value is -1.62. The summed E-state index contributed by atoms with van der Waals surface area (Å²) in [5.41, 5.74) is 5.44. The molecular formula is C14H19FN2O2. The number of nitrogens with two attached hydrogens (primary N) is 1. The fraction of sp³-hybridized carbons (Fsp3) is 0.500. The van der Waals surface area contributed by atoms with Gasteiger partial charge in [0, 0.05) is 18.6 Å². The molecule has 0 bridgehead atoms. The second kappa shape index (κ2) is 5.57. The first-order valence-corrected chi connectivity index (χ1v) is 6.56. The highest BCUT2D eigenvalue weighted by atomic mass is 19.1. The van der Waals surface area contributed by atoms with Crippen LogP contribution in [0.3, 0.4) is 0 Å². The number of rotatable bonds is 2. The standard InChI is InChI=1S/C14H19FN2O2/c1-9-4-2-5-10(8-16)17(9)14(19)13-11(15)6-3-7-12(13)18/h3,6-7,9-10,18H,2,4-5,8,16H2,1H3. The van der Waals surface area contributed by atoms with E-state index >= 15 is 0 Å². The van der Waals surface area contributed by atoms with Crippen molar-refractivity contribution >= 4 is 5.91 Å². The lowest BCUT2D eigenvalue weighted by atomic mass is 9.95. The van der Waals surface area contributed by atoms with E-state index in [9.17, 15) is 14.3 Å². The van der Waals surface area contributed by atoms with Gasteiger partial charge in [-0.3, -0.25) is 4.79 Å². The Bertz CT molecular complexity index is 458. The van der Waals surface area contributed by atoms with Gasteiger partial charge in [0.15, 0.2) is 0 Å². The van der Waals surface area contributed by atoms with Gasteiger partial charge in [-0.15, -0.1) is 0 Å². The van der Waals surface area contributed by atoms with Crippen molar-refractivity contribution in [2.45, 2.75) is 38.3 Å². The number of phenolic OH excluding ortho intramolecular Hbond substituents is 1. The first-order valence-electron chi connectivity index (χ1n) is 6.56. The monoisotopic (exact) mass is 266 g/mol. The third kappa shape index (κ3) is 2.56. The van der Waals surface area contributed by atoms with Crippen LogP contribution in [0.25, 0.3) is 0 Å². The Morgan fingerprint density at radius 3 is 2.89 bits per heavy atom. The maximum absolute atomic E-state index is 13.8. The normalized spacial score (nSPS) is 23.4. The molecule has 1 aliphatic rings. The highest BCUT2D eigenvalue weighted by molar-refractivity contribution is 5.97. The SMILES string of the molecule is CC1CCCC(CN)N1C(=O)c1c(O)cccc1F. The number of carbonyl (C=O) groups excluding carboxylic acids is 1. The summed E-state index contributed by atoms with van der Waals surface area (Å²) in [6.45, 7) is 2.28. The molecule has 1 aromatic rings. The number of likely N-dealkylation sites (tertiary alicyclic amines) is 1. The van der Waals surface area contributed by atoms with E-state index < -0.39 is 11.7 Å². The molecule has 5 heteroatoms. The average molecular weight is 266 g/mol. The van der Waals surface area contributed by atoms with Crippen molar-refractivity contribution < 1.29 is 14.3 Å². The van der Waals surface area contributed by atoms with Gasteiger partial charge in [0.25, 0.3) is 5.91 Å². The van der Waals surface area contributed by atoms with Crippen LogP contribution in [0.4, 0.5) is 4.39 Å². The van der Waals surface area contributed by atoms with Crippen molar-refractivity contribution in [1.82, 2.24) is 4.90 Å². The first kappa shape index (κ1) is 13.8. The van der Waals surface area contributed by atoms with Crippen molar-refractivity contribution in [3.8, 4) is 5.75 Å². The molecule has 0 saturated carbocycles. The van der Waals surface area contributed by atoms with Gasteiger partial charge in [-0.05, 0) is 38.3 Å². The summed E-state index contributed by atoms with van der Waals surface area (Å²) in [5.74, 6) is -1.49. The molecule has 2 unspecified atom stereocenters. The fourth-order valence-electron chi connectivity index (χ4n) is 2.74. The van der Waals surface area contributed by atoms with Crippen LogP contribution in [0.15, 0.2) is 18.2 Å². The van der Waals surface area contributed by atoms with E-state index in [0.29, 0.717) is 6.54 Å². The van der Waals surface area contributed by atoms with Gasteiger partial charge in [-0.1, -0.05) is 6.07 Å². The van der Waals surface area contributed by atoms with Crippen molar-refractivity contribution in [3.63, 3.8) is 0 Å². The van der Waals surface area contributed by atoms with Gasteiger partial charge >= 0.3 is 0 Å². The average Bonchev–Trinajstić information content (AvgIpc) is 2.37. The molecule has 104 valence electrons. The van der Waals surface area contributed by atoms with E-state index in [1.165, 1.54) is 18.2 Å². The Balaban J connectivity index is 2.36. The number of hydrogen-bond acceptors (Lipinski definition) is 3. The highest BCUT2D eigenvalue weighted by Crippen LogP contribution is 2.28. The third-order valence-electron chi connectivity index (χ3n) is 3.74. The van der Waals surface area contributed by atoms with Gasteiger partial charge in [0.2, 0.25) is 0 Å². The van der Waals surface area contributed by atoms with E-state index in [-0.39, 0.29) is 23.4 Å². The molecule has 4 nitrogen and oxygen atoms in total. The molecule has 3 N–H and O–H groups in total. The van der Waals surface area contributed by atoms with Gasteiger partial charge in [-0.25, -0.2) is 4.39 Å². The first-order chi connectivity index (χ1) is 9.06. The predicted octanol–water partition coefficient (Wildman–Crippen LogP) is 1.87. The Kier molecular flexibility index (Phi) is 4.04. The van der Waals surface area contributed by atoms with E-state index in [1.54, 1.807) is 4.90 Å². The molecule has 1 saturated heterocycles. The quantitative estimate of drug-likeness (QED) is 0.858. The largest absolute Gasteiger partial charge is 0.507 e. The molecular weight excluding hydrogens is 247 g/mol. The van der Waals surface area contributed by atoms with Gasteiger partial charge in [0.1, 0.15) is 17.1 Å². The molecule has 2 rings (SSSR count). The topological polar surface area (TPSA) is 66.6 Å². The number of nitrogens with zero attached hydrogens (tertiary/aromatic N) is 1. The summed E-state index contributed by atoms with van der Waals surface area (Å²) >= 11 is 0. The van der Waals surface area contributed by atoms with Crippen LogP contribution in [-0.2, 0) is 0 Å². The number of amides is 1. The molecule has 0 radical (unpaired) electrons. The predicted molar refractivity (Wildman–Crippen MR) is 70.4 cm³/mol. The van der Waals surface area contributed by atoms with Crippen LogP contribution in [0.5, 0.6) is 5.75 Å². The molecule has 1 fully saturated rings. The Labute approximate surface area is 112 Å². The molecule has 19 heavy (non-hydrogen) atoms. The zero-order valence-electron chi connectivity index (χ0n) is 11.0. The molecule has 1 aliphatic heterocycles. The lowest BCUT2D eigenvalue weighted by Crippen LogP contribution is -2.52. The highest BCUT2D eigenvalue weighted by Gasteiger charge is 2.33. The number of phenols is 1.